The predicted octanol–water partition coefficient (Wildman–Crippen LogP) is 2.46. The highest BCUT2D eigenvalue weighted by Crippen LogP contribution is 2.38. The molecular formula is C13H16BrFO3S. The van der Waals surface area contributed by atoms with Crippen LogP contribution < -0.4 is 0 Å². The topological polar surface area (TPSA) is 54.4 Å². The lowest BCUT2D eigenvalue weighted by Gasteiger charge is -2.29. The van der Waals surface area contributed by atoms with Crippen LogP contribution in [0.25, 0.3) is 0 Å². The molecule has 19 heavy (non-hydrogen) atoms. The average molecular weight is 351 g/mol. The third-order valence-corrected chi connectivity index (χ3v) is 6.32. The molecule has 2 atom stereocenters. The first-order valence-electron chi connectivity index (χ1n) is 6.08. The van der Waals surface area contributed by atoms with Crippen molar-refractivity contribution in [3.63, 3.8) is 0 Å². The maximum atomic E-state index is 13.5. The zero-order valence-electron chi connectivity index (χ0n) is 10.6. The van der Waals surface area contributed by atoms with Gasteiger partial charge in [-0.05, 0) is 46.8 Å². The Hall–Kier alpha value is -0.460. The first-order valence-corrected chi connectivity index (χ1v) is 8.83. The van der Waals surface area contributed by atoms with E-state index in [1.165, 1.54) is 6.07 Å². The van der Waals surface area contributed by atoms with Crippen molar-refractivity contribution in [2.75, 3.05) is 6.26 Å². The Kier molecular flexibility index (Phi) is 4.05. The third kappa shape index (κ3) is 3.01. The second-order valence-electron chi connectivity index (χ2n) is 5.20. The molecule has 1 aliphatic rings. The van der Waals surface area contributed by atoms with Crippen molar-refractivity contribution in [1.29, 1.82) is 0 Å². The molecule has 1 aliphatic carbocycles. The van der Waals surface area contributed by atoms with Crippen LogP contribution in [0, 0.1) is 5.82 Å². The fourth-order valence-corrected chi connectivity index (χ4v) is 4.85. The molecule has 2 rings (SSSR count). The smallest absolute Gasteiger partial charge is 0.153 e. The summed E-state index contributed by atoms with van der Waals surface area (Å²) in [7, 11) is -3.31. The quantitative estimate of drug-likeness (QED) is 0.910. The first-order chi connectivity index (χ1) is 8.74. The van der Waals surface area contributed by atoms with E-state index in [2.05, 4.69) is 15.9 Å². The van der Waals surface area contributed by atoms with Crippen molar-refractivity contribution in [2.45, 2.75) is 36.5 Å². The molecule has 0 heterocycles. The lowest BCUT2D eigenvalue weighted by Crippen LogP contribution is -2.44. The van der Waals surface area contributed by atoms with Crippen LogP contribution in [0.5, 0.6) is 0 Å². The van der Waals surface area contributed by atoms with Crippen LogP contribution in [0.15, 0.2) is 22.7 Å². The number of hydrogen-bond acceptors (Lipinski definition) is 3. The van der Waals surface area contributed by atoms with Crippen molar-refractivity contribution in [3.8, 4) is 0 Å². The molecule has 2 unspecified atom stereocenters. The molecular weight excluding hydrogens is 335 g/mol. The van der Waals surface area contributed by atoms with Crippen LogP contribution in [0.2, 0.25) is 0 Å². The summed E-state index contributed by atoms with van der Waals surface area (Å²) in [6.45, 7) is 0. The number of hydrogen-bond donors (Lipinski definition) is 1. The highest BCUT2D eigenvalue weighted by Gasteiger charge is 2.46. The van der Waals surface area contributed by atoms with Gasteiger partial charge in [-0.2, -0.15) is 0 Å². The minimum Gasteiger partial charge on any atom is -0.388 e. The van der Waals surface area contributed by atoms with Crippen molar-refractivity contribution >= 4 is 25.8 Å². The molecule has 106 valence electrons. The monoisotopic (exact) mass is 350 g/mol. The number of halogens is 2. The molecule has 1 N–H and O–H groups in total. The van der Waals surface area contributed by atoms with E-state index in [-0.39, 0.29) is 6.42 Å². The predicted molar refractivity (Wildman–Crippen MR) is 75.2 cm³/mol. The van der Waals surface area contributed by atoms with Gasteiger partial charge in [0, 0.05) is 12.7 Å². The summed E-state index contributed by atoms with van der Waals surface area (Å²) in [6.07, 6.45) is 2.84. The van der Waals surface area contributed by atoms with Gasteiger partial charge < -0.3 is 5.11 Å². The Balaban J connectivity index is 2.33. The fraction of sp³-hybridized carbons (Fsp3) is 0.538. The van der Waals surface area contributed by atoms with Crippen LogP contribution in [0.1, 0.15) is 24.8 Å². The number of benzene rings is 1. The first kappa shape index (κ1) is 14.9. The average Bonchev–Trinajstić information content (AvgIpc) is 2.67. The summed E-state index contributed by atoms with van der Waals surface area (Å²) < 4.78 is 37.2. The van der Waals surface area contributed by atoms with Gasteiger partial charge in [-0.1, -0.05) is 12.1 Å². The molecule has 0 bridgehead atoms. The summed E-state index contributed by atoms with van der Waals surface area (Å²) in [5.74, 6) is -0.407. The van der Waals surface area contributed by atoms with Crippen LogP contribution in [-0.2, 0) is 16.3 Å². The minimum absolute atomic E-state index is 0.142. The Labute approximate surface area is 120 Å². The molecule has 1 fully saturated rings. The zero-order chi connectivity index (χ0) is 14.3. The summed E-state index contributed by atoms with van der Waals surface area (Å²) in [5, 5.41) is 9.86. The highest BCUT2D eigenvalue weighted by molar-refractivity contribution is 9.10. The van der Waals surface area contributed by atoms with E-state index in [0.717, 1.165) is 6.26 Å². The van der Waals surface area contributed by atoms with Crippen molar-refractivity contribution in [1.82, 2.24) is 0 Å². The second-order valence-corrected chi connectivity index (χ2v) is 8.22. The molecule has 0 aliphatic heterocycles. The van der Waals surface area contributed by atoms with Crippen molar-refractivity contribution in [2.24, 2.45) is 0 Å². The third-order valence-electron chi connectivity index (χ3n) is 3.72. The molecule has 0 spiro atoms. The molecule has 3 nitrogen and oxygen atoms in total. The van der Waals surface area contributed by atoms with Gasteiger partial charge in [0.25, 0.3) is 0 Å². The van der Waals surface area contributed by atoms with Gasteiger partial charge in [0.15, 0.2) is 9.84 Å². The van der Waals surface area contributed by atoms with Gasteiger partial charge in [0.05, 0.1) is 15.3 Å². The summed E-state index contributed by atoms with van der Waals surface area (Å²) in [6, 6.07) is 4.58. The molecule has 0 aromatic heterocycles. The maximum absolute atomic E-state index is 13.5. The molecule has 1 aromatic carbocycles. The van der Waals surface area contributed by atoms with Crippen LogP contribution in [-0.4, -0.2) is 30.6 Å². The van der Waals surface area contributed by atoms with Crippen molar-refractivity contribution < 1.29 is 17.9 Å². The van der Waals surface area contributed by atoms with E-state index in [0.29, 0.717) is 29.3 Å². The minimum atomic E-state index is -3.31. The molecule has 6 heteroatoms. The lowest BCUT2D eigenvalue weighted by atomic mass is 9.92. The van der Waals surface area contributed by atoms with E-state index in [1.807, 2.05) is 0 Å². The van der Waals surface area contributed by atoms with E-state index in [9.17, 15) is 17.9 Å². The number of rotatable bonds is 3. The Morgan fingerprint density at radius 1 is 1.53 bits per heavy atom. The van der Waals surface area contributed by atoms with Gasteiger partial charge in [0.1, 0.15) is 5.82 Å². The standard InChI is InChI=1S/C13H16BrFO3S/c1-19(17,18)11-6-3-7-13(11,16)8-9-4-2-5-10(15)12(9)14/h2,4-5,11,16H,3,6-8H2,1H3. The van der Waals surface area contributed by atoms with Crippen LogP contribution in [0.4, 0.5) is 4.39 Å². The molecule has 1 saturated carbocycles. The lowest BCUT2D eigenvalue weighted by molar-refractivity contribution is 0.0510. The van der Waals surface area contributed by atoms with E-state index in [1.54, 1.807) is 12.1 Å². The maximum Gasteiger partial charge on any atom is 0.153 e. The highest BCUT2D eigenvalue weighted by atomic mass is 79.9. The van der Waals surface area contributed by atoms with Crippen molar-refractivity contribution in [3.05, 3.63) is 34.1 Å². The normalized spacial score (nSPS) is 27.7. The van der Waals surface area contributed by atoms with E-state index >= 15 is 0 Å². The van der Waals surface area contributed by atoms with Gasteiger partial charge in [0.2, 0.25) is 0 Å². The summed E-state index contributed by atoms with van der Waals surface area (Å²) >= 11 is 3.15. The van der Waals surface area contributed by atoms with Gasteiger partial charge in [-0.3, -0.25) is 0 Å². The summed E-state index contributed by atoms with van der Waals surface area (Å²) in [5.41, 5.74) is -0.706. The Morgan fingerprint density at radius 2 is 2.21 bits per heavy atom. The number of aliphatic hydroxyl groups is 1. The van der Waals surface area contributed by atoms with Gasteiger partial charge in [-0.25, -0.2) is 12.8 Å². The van der Waals surface area contributed by atoms with Gasteiger partial charge in [-0.15, -0.1) is 0 Å². The molecule has 0 amide bonds. The summed E-state index contributed by atoms with van der Waals surface area (Å²) in [4.78, 5) is 0. The molecule has 1 aromatic rings. The zero-order valence-corrected chi connectivity index (χ0v) is 13.0. The van der Waals surface area contributed by atoms with Gasteiger partial charge >= 0.3 is 0 Å². The fourth-order valence-electron chi connectivity index (χ4n) is 2.85. The second kappa shape index (κ2) is 5.14. The number of sulfone groups is 1. The Bertz CT molecular complexity index is 588. The Morgan fingerprint density at radius 3 is 2.84 bits per heavy atom. The van der Waals surface area contributed by atoms with Crippen LogP contribution in [0.3, 0.4) is 0 Å². The molecule has 0 radical (unpaired) electrons. The van der Waals surface area contributed by atoms with E-state index < -0.39 is 26.5 Å². The largest absolute Gasteiger partial charge is 0.388 e. The van der Waals surface area contributed by atoms with E-state index in [4.69, 9.17) is 0 Å². The van der Waals surface area contributed by atoms with Crippen LogP contribution >= 0.6 is 15.9 Å². The SMILES string of the molecule is CS(=O)(=O)C1CCCC1(O)Cc1cccc(F)c1Br. The molecule has 0 saturated heterocycles.